The van der Waals surface area contributed by atoms with E-state index in [4.69, 9.17) is 21.1 Å². The molecular formula is C16H13ClO4. The highest BCUT2D eigenvalue weighted by Gasteiger charge is 2.21. The van der Waals surface area contributed by atoms with Crippen LogP contribution in [0.3, 0.4) is 0 Å². The van der Waals surface area contributed by atoms with Crippen LogP contribution < -0.4 is 9.47 Å². The lowest BCUT2D eigenvalue weighted by Gasteiger charge is -2.14. The second-order valence-electron chi connectivity index (χ2n) is 4.72. The van der Waals surface area contributed by atoms with Crippen LogP contribution in [0.1, 0.15) is 22.0 Å². The Labute approximate surface area is 126 Å². The number of aliphatic hydroxyl groups excluding tert-OH is 1. The number of aliphatic hydroxyl groups is 1. The topological polar surface area (TPSA) is 55.8 Å². The van der Waals surface area contributed by atoms with Gasteiger partial charge in [-0.3, -0.25) is 4.79 Å². The van der Waals surface area contributed by atoms with Gasteiger partial charge in [-0.25, -0.2) is 0 Å². The van der Waals surface area contributed by atoms with E-state index in [9.17, 15) is 9.90 Å². The highest BCUT2D eigenvalue weighted by molar-refractivity contribution is 6.31. The van der Waals surface area contributed by atoms with Crippen molar-refractivity contribution in [1.82, 2.24) is 0 Å². The summed E-state index contributed by atoms with van der Waals surface area (Å²) in [6.45, 7) is 0.136. The van der Waals surface area contributed by atoms with E-state index in [1.165, 1.54) is 0 Å². The van der Waals surface area contributed by atoms with Crippen molar-refractivity contribution in [2.24, 2.45) is 0 Å². The largest absolute Gasteiger partial charge is 0.490 e. The number of hydrogen-bond acceptors (Lipinski definition) is 4. The Morgan fingerprint density at radius 3 is 2.90 bits per heavy atom. The number of hydrogen-bond donors (Lipinski definition) is 1. The summed E-state index contributed by atoms with van der Waals surface area (Å²) in [5, 5.41) is 10.6. The van der Waals surface area contributed by atoms with Crippen molar-refractivity contribution in [1.29, 1.82) is 0 Å². The van der Waals surface area contributed by atoms with Gasteiger partial charge in [0.25, 0.3) is 0 Å². The average molecular weight is 305 g/mol. The molecule has 1 unspecified atom stereocenters. The molecular weight excluding hydrogens is 292 g/mol. The van der Waals surface area contributed by atoms with Crippen molar-refractivity contribution in [3.05, 3.63) is 58.6 Å². The molecule has 1 aliphatic rings. The predicted molar refractivity (Wildman–Crippen MR) is 78.2 cm³/mol. The van der Waals surface area contributed by atoms with Crippen LogP contribution in [0.25, 0.3) is 0 Å². The third-order valence-electron chi connectivity index (χ3n) is 3.28. The van der Waals surface area contributed by atoms with Crippen molar-refractivity contribution in [2.45, 2.75) is 6.10 Å². The molecule has 0 aromatic heterocycles. The van der Waals surface area contributed by atoms with E-state index in [2.05, 4.69) is 0 Å². The van der Waals surface area contributed by atoms with Gasteiger partial charge in [0.05, 0.1) is 5.56 Å². The molecule has 0 spiro atoms. The zero-order valence-corrected chi connectivity index (χ0v) is 11.8. The molecule has 0 aliphatic carbocycles. The quantitative estimate of drug-likeness (QED) is 0.943. The molecule has 0 saturated heterocycles. The number of benzene rings is 2. The van der Waals surface area contributed by atoms with Gasteiger partial charge in [0, 0.05) is 16.7 Å². The Hall–Kier alpha value is -2.04. The van der Waals surface area contributed by atoms with E-state index in [-0.39, 0.29) is 19.0 Å². The number of halogens is 1. The van der Waals surface area contributed by atoms with Crippen LogP contribution in [-0.4, -0.2) is 24.1 Å². The Morgan fingerprint density at radius 1 is 1.29 bits per heavy atom. The van der Waals surface area contributed by atoms with E-state index in [0.29, 0.717) is 27.6 Å². The fourth-order valence-corrected chi connectivity index (χ4v) is 2.44. The fourth-order valence-electron chi connectivity index (χ4n) is 2.17. The van der Waals surface area contributed by atoms with Gasteiger partial charge in [0.15, 0.2) is 6.61 Å². The van der Waals surface area contributed by atoms with E-state index in [1.807, 2.05) is 0 Å². The van der Waals surface area contributed by atoms with Gasteiger partial charge >= 0.3 is 0 Å². The normalized spacial score (nSPS) is 14.5. The molecule has 5 heteroatoms. The maximum atomic E-state index is 11.4. The Balaban J connectivity index is 1.68. The summed E-state index contributed by atoms with van der Waals surface area (Å²) < 4.78 is 10.8. The van der Waals surface area contributed by atoms with Crippen molar-refractivity contribution in [2.75, 3.05) is 13.2 Å². The van der Waals surface area contributed by atoms with Crippen molar-refractivity contribution < 1.29 is 19.4 Å². The Bertz CT molecular complexity index is 684. The summed E-state index contributed by atoms with van der Waals surface area (Å²) in [5.74, 6) is 1.02. The molecule has 0 fully saturated rings. The summed E-state index contributed by atoms with van der Waals surface area (Å²) >= 11 is 6.02. The molecule has 1 heterocycles. The minimum Gasteiger partial charge on any atom is -0.490 e. The van der Waals surface area contributed by atoms with Gasteiger partial charge in [-0.05, 0) is 18.2 Å². The lowest BCUT2D eigenvalue weighted by molar-refractivity contribution is 0.0961. The number of ether oxygens (including phenoxy) is 2. The van der Waals surface area contributed by atoms with Crippen LogP contribution in [-0.2, 0) is 0 Å². The molecule has 2 aromatic carbocycles. The number of ketones is 1. The van der Waals surface area contributed by atoms with E-state index >= 15 is 0 Å². The fraction of sp³-hybridized carbons (Fsp3) is 0.188. The number of fused-ring (bicyclic) bond motifs is 1. The number of rotatable bonds is 4. The highest BCUT2D eigenvalue weighted by Crippen LogP contribution is 2.30. The van der Waals surface area contributed by atoms with Crippen LogP contribution >= 0.6 is 11.6 Å². The van der Waals surface area contributed by atoms with Crippen molar-refractivity contribution in [3.8, 4) is 11.5 Å². The first-order valence-corrected chi connectivity index (χ1v) is 6.88. The van der Waals surface area contributed by atoms with Crippen molar-refractivity contribution in [3.63, 3.8) is 0 Å². The van der Waals surface area contributed by atoms with Crippen LogP contribution in [0.15, 0.2) is 42.5 Å². The highest BCUT2D eigenvalue weighted by atomic mass is 35.5. The predicted octanol–water partition coefficient (Wildman–Crippen LogP) is 3.03. The SMILES string of the molecule is O=C1COc2cc(OCC(O)c3ccccc3Cl)ccc21. The molecule has 0 radical (unpaired) electrons. The van der Waals surface area contributed by atoms with E-state index in [0.717, 1.165) is 0 Å². The maximum Gasteiger partial charge on any atom is 0.203 e. The van der Waals surface area contributed by atoms with Gasteiger partial charge < -0.3 is 14.6 Å². The summed E-state index contributed by atoms with van der Waals surface area (Å²) in [6, 6.07) is 12.1. The molecule has 2 aromatic rings. The minimum absolute atomic E-state index is 0.0346. The maximum absolute atomic E-state index is 11.4. The van der Waals surface area contributed by atoms with Crippen LogP contribution in [0, 0.1) is 0 Å². The van der Waals surface area contributed by atoms with Crippen LogP contribution in [0.5, 0.6) is 11.5 Å². The Kier molecular flexibility index (Phi) is 3.82. The van der Waals surface area contributed by atoms with Crippen molar-refractivity contribution >= 4 is 17.4 Å². The summed E-state index contributed by atoms with van der Waals surface area (Å²) in [5.41, 5.74) is 1.18. The lowest BCUT2D eigenvalue weighted by Crippen LogP contribution is -2.10. The monoisotopic (exact) mass is 304 g/mol. The molecule has 1 atom stereocenters. The first-order chi connectivity index (χ1) is 10.1. The molecule has 1 aliphatic heterocycles. The molecule has 1 N–H and O–H groups in total. The molecule has 108 valence electrons. The van der Waals surface area contributed by atoms with Gasteiger partial charge in [0.2, 0.25) is 5.78 Å². The molecule has 0 amide bonds. The van der Waals surface area contributed by atoms with Gasteiger partial charge in [0.1, 0.15) is 24.2 Å². The Morgan fingerprint density at radius 2 is 2.10 bits per heavy atom. The van der Waals surface area contributed by atoms with E-state index in [1.54, 1.807) is 42.5 Å². The second-order valence-corrected chi connectivity index (χ2v) is 5.13. The minimum atomic E-state index is -0.825. The first-order valence-electron chi connectivity index (χ1n) is 6.50. The number of carbonyl (C=O) groups is 1. The van der Waals surface area contributed by atoms with Crippen LogP contribution in [0.4, 0.5) is 0 Å². The molecule has 0 saturated carbocycles. The second kappa shape index (κ2) is 5.76. The molecule has 21 heavy (non-hydrogen) atoms. The lowest BCUT2D eigenvalue weighted by atomic mass is 10.1. The smallest absolute Gasteiger partial charge is 0.203 e. The number of carbonyl (C=O) groups excluding carboxylic acids is 1. The summed E-state index contributed by atoms with van der Waals surface area (Å²) in [6.07, 6.45) is -0.825. The van der Waals surface area contributed by atoms with Crippen LogP contribution in [0.2, 0.25) is 5.02 Å². The van der Waals surface area contributed by atoms with E-state index < -0.39 is 6.10 Å². The molecule has 0 bridgehead atoms. The van der Waals surface area contributed by atoms with Gasteiger partial charge in [-0.15, -0.1) is 0 Å². The standard InChI is InChI=1S/C16H13ClO4/c17-13-4-2-1-3-11(13)14(18)8-20-10-5-6-12-15(19)9-21-16(12)7-10/h1-7,14,18H,8-9H2. The summed E-state index contributed by atoms with van der Waals surface area (Å²) in [7, 11) is 0. The zero-order chi connectivity index (χ0) is 14.8. The molecule has 4 nitrogen and oxygen atoms in total. The molecule has 3 rings (SSSR count). The third-order valence-corrected chi connectivity index (χ3v) is 3.63. The summed E-state index contributed by atoms with van der Waals surface area (Å²) in [4.78, 5) is 11.4. The average Bonchev–Trinajstić information content (AvgIpc) is 2.86. The van der Waals surface area contributed by atoms with Gasteiger partial charge in [-0.1, -0.05) is 29.8 Å². The number of Topliss-reactive ketones (excluding diaryl/α,β-unsaturated/α-hetero) is 1. The third kappa shape index (κ3) is 2.86. The zero-order valence-electron chi connectivity index (χ0n) is 11.1. The van der Waals surface area contributed by atoms with Gasteiger partial charge in [-0.2, -0.15) is 0 Å². The first kappa shape index (κ1) is 13.9.